The molecule has 4 nitrogen and oxygen atoms in total. The average Bonchev–Trinajstić information content (AvgIpc) is 3.13. The standard InChI is InChI=1S/C20H23ClN4/c1-2-20(13-15-3-5-16(21)6-4-15)8-11-25(12-9-20)19-17-7-10-22-18(17)23-14-24-19/h3-7,10,14H,2,8-9,11-13H2,1H3,(H,22,23,24). The summed E-state index contributed by atoms with van der Waals surface area (Å²) in [5.41, 5.74) is 2.67. The molecule has 0 unspecified atom stereocenters. The van der Waals surface area contributed by atoms with Crippen molar-refractivity contribution in [3.8, 4) is 0 Å². The summed E-state index contributed by atoms with van der Waals surface area (Å²) in [6, 6.07) is 10.4. The van der Waals surface area contributed by atoms with E-state index in [0.29, 0.717) is 5.41 Å². The fraction of sp³-hybridized carbons (Fsp3) is 0.400. The van der Waals surface area contributed by atoms with Gasteiger partial charge in [0.1, 0.15) is 17.8 Å². The van der Waals surface area contributed by atoms with E-state index in [1.165, 1.54) is 24.8 Å². The van der Waals surface area contributed by atoms with Crippen LogP contribution in [0.15, 0.2) is 42.9 Å². The van der Waals surface area contributed by atoms with Crippen LogP contribution < -0.4 is 4.90 Å². The molecule has 3 aromatic rings. The summed E-state index contributed by atoms with van der Waals surface area (Å²) in [7, 11) is 0. The van der Waals surface area contributed by atoms with E-state index in [1.54, 1.807) is 6.33 Å². The number of aromatic nitrogens is 3. The van der Waals surface area contributed by atoms with Gasteiger partial charge in [-0.2, -0.15) is 0 Å². The second kappa shape index (κ2) is 6.68. The number of H-pyrrole nitrogens is 1. The highest BCUT2D eigenvalue weighted by Crippen LogP contribution is 2.40. The maximum absolute atomic E-state index is 6.03. The Bertz CT molecular complexity index is 848. The molecule has 2 aromatic heterocycles. The van der Waals surface area contributed by atoms with Gasteiger partial charge in [-0.1, -0.05) is 37.1 Å². The number of hydrogen-bond acceptors (Lipinski definition) is 3. The van der Waals surface area contributed by atoms with Gasteiger partial charge in [-0.15, -0.1) is 0 Å². The molecule has 4 rings (SSSR count). The second-order valence-electron chi connectivity index (χ2n) is 7.08. The highest BCUT2D eigenvalue weighted by Gasteiger charge is 2.34. The van der Waals surface area contributed by atoms with E-state index in [0.717, 1.165) is 41.4 Å². The monoisotopic (exact) mass is 354 g/mol. The van der Waals surface area contributed by atoms with Gasteiger partial charge >= 0.3 is 0 Å². The number of nitrogens with one attached hydrogen (secondary N) is 1. The van der Waals surface area contributed by atoms with Crippen LogP contribution in [0.3, 0.4) is 0 Å². The lowest BCUT2D eigenvalue weighted by molar-refractivity contribution is 0.206. The van der Waals surface area contributed by atoms with Gasteiger partial charge in [0.25, 0.3) is 0 Å². The normalized spacial score (nSPS) is 17.1. The van der Waals surface area contributed by atoms with Crippen molar-refractivity contribution in [1.29, 1.82) is 0 Å². The molecule has 130 valence electrons. The lowest BCUT2D eigenvalue weighted by Crippen LogP contribution is -2.41. The van der Waals surface area contributed by atoms with Crippen molar-refractivity contribution in [2.45, 2.75) is 32.6 Å². The average molecular weight is 355 g/mol. The molecule has 0 amide bonds. The Morgan fingerprint density at radius 2 is 1.88 bits per heavy atom. The van der Waals surface area contributed by atoms with Gasteiger partial charge < -0.3 is 9.88 Å². The molecule has 0 atom stereocenters. The minimum Gasteiger partial charge on any atom is -0.356 e. The first-order chi connectivity index (χ1) is 12.2. The number of hydrogen-bond donors (Lipinski definition) is 1. The van der Waals surface area contributed by atoms with Crippen LogP contribution in [0, 0.1) is 5.41 Å². The summed E-state index contributed by atoms with van der Waals surface area (Å²) >= 11 is 6.03. The van der Waals surface area contributed by atoms with E-state index in [1.807, 2.05) is 18.3 Å². The highest BCUT2D eigenvalue weighted by atomic mass is 35.5. The zero-order valence-corrected chi connectivity index (χ0v) is 15.3. The Balaban J connectivity index is 1.51. The Labute approximate surface area is 153 Å². The van der Waals surface area contributed by atoms with Gasteiger partial charge in [-0.05, 0) is 48.4 Å². The van der Waals surface area contributed by atoms with Crippen LogP contribution in [0.25, 0.3) is 11.0 Å². The molecule has 1 aromatic carbocycles. The van der Waals surface area contributed by atoms with Crippen molar-refractivity contribution in [3.05, 3.63) is 53.4 Å². The van der Waals surface area contributed by atoms with Gasteiger partial charge in [0.15, 0.2) is 0 Å². The summed E-state index contributed by atoms with van der Waals surface area (Å²) in [5.74, 6) is 1.06. The summed E-state index contributed by atoms with van der Waals surface area (Å²) in [6.07, 6.45) is 8.28. The van der Waals surface area contributed by atoms with Crippen molar-refractivity contribution in [2.75, 3.05) is 18.0 Å². The third kappa shape index (κ3) is 3.23. The first-order valence-corrected chi connectivity index (χ1v) is 9.34. The second-order valence-corrected chi connectivity index (χ2v) is 7.52. The largest absolute Gasteiger partial charge is 0.356 e. The van der Waals surface area contributed by atoms with E-state index in [4.69, 9.17) is 11.6 Å². The minimum absolute atomic E-state index is 0.370. The minimum atomic E-state index is 0.370. The smallest absolute Gasteiger partial charge is 0.142 e. The molecule has 0 spiro atoms. The van der Waals surface area contributed by atoms with Crippen LogP contribution in [0.4, 0.5) is 5.82 Å². The van der Waals surface area contributed by atoms with Crippen molar-refractivity contribution >= 4 is 28.5 Å². The molecule has 1 saturated heterocycles. The molecule has 1 fully saturated rings. The number of fused-ring (bicyclic) bond motifs is 1. The molecule has 0 saturated carbocycles. The van der Waals surface area contributed by atoms with E-state index >= 15 is 0 Å². The molecule has 1 aliphatic heterocycles. The Kier molecular flexibility index (Phi) is 4.38. The van der Waals surface area contributed by atoms with E-state index in [-0.39, 0.29) is 0 Å². The molecule has 1 N–H and O–H groups in total. The van der Waals surface area contributed by atoms with Crippen molar-refractivity contribution < 1.29 is 0 Å². The van der Waals surface area contributed by atoms with Gasteiger partial charge in [0.05, 0.1) is 5.39 Å². The summed E-state index contributed by atoms with van der Waals surface area (Å²) in [5, 5.41) is 1.92. The first kappa shape index (κ1) is 16.4. The van der Waals surface area contributed by atoms with Crippen molar-refractivity contribution in [2.24, 2.45) is 5.41 Å². The zero-order valence-electron chi connectivity index (χ0n) is 14.5. The Morgan fingerprint density at radius 1 is 1.12 bits per heavy atom. The summed E-state index contributed by atoms with van der Waals surface area (Å²) < 4.78 is 0. The van der Waals surface area contributed by atoms with Crippen LogP contribution in [-0.4, -0.2) is 28.0 Å². The van der Waals surface area contributed by atoms with E-state index in [2.05, 4.69) is 45.0 Å². The van der Waals surface area contributed by atoms with Crippen LogP contribution in [0.5, 0.6) is 0 Å². The number of nitrogens with zero attached hydrogens (tertiary/aromatic N) is 3. The van der Waals surface area contributed by atoms with E-state index < -0.39 is 0 Å². The number of anilines is 1. The van der Waals surface area contributed by atoms with Crippen LogP contribution in [0.2, 0.25) is 5.02 Å². The molecular weight excluding hydrogens is 332 g/mol. The molecule has 3 heterocycles. The maximum Gasteiger partial charge on any atom is 0.142 e. The predicted octanol–water partition coefficient (Wildman–Crippen LogP) is 4.85. The van der Waals surface area contributed by atoms with E-state index in [9.17, 15) is 0 Å². The molecule has 25 heavy (non-hydrogen) atoms. The summed E-state index contributed by atoms with van der Waals surface area (Å²) in [6.45, 7) is 4.40. The molecule has 0 bridgehead atoms. The predicted molar refractivity (Wildman–Crippen MR) is 103 cm³/mol. The van der Waals surface area contributed by atoms with Gasteiger partial charge in [-0.25, -0.2) is 9.97 Å². The number of halogens is 1. The Morgan fingerprint density at radius 3 is 2.60 bits per heavy atom. The van der Waals surface area contributed by atoms with Crippen molar-refractivity contribution in [1.82, 2.24) is 15.0 Å². The van der Waals surface area contributed by atoms with Gasteiger partial charge in [0.2, 0.25) is 0 Å². The molecule has 0 radical (unpaired) electrons. The third-order valence-electron chi connectivity index (χ3n) is 5.70. The van der Waals surface area contributed by atoms with Gasteiger partial charge in [-0.3, -0.25) is 0 Å². The number of rotatable bonds is 4. The summed E-state index contributed by atoms with van der Waals surface area (Å²) in [4.78, 5) is 14.4. The van der Waals surface area contributed by atoms with Crippen LogP contribution >= 0.6 is 11.6 Å². The zero-order chi connectivity index (χ0) is 17.3. The lowest BCUT2D eigenvalue weighted by Gasteiger charge is -2.42. The lowest BCUT2D eigenvalue weighted by atomic mass is 9.72. The van der Waals surface area contributed by atoms with Crippen LogP contribution in [-0.2, 0) is 6.42 Å². The topological polar surface area (TPSA) is 44.8 Å². The number of piperidine rings is 1. The first-order valence-electron chi connectivity index (χ1n) is 8.97. The maximum atomic E-state index is 6.03. The number of aromatic amines is 1. The molecule has 1 aliphatic rings. The molecule has 0 aliphatic carbocycles. The van der Waals surface area contributed by atoms with Crippen molar-refractivity contribution in [3.63, 3.8) is 0 Å². The third-order valence-corrected chi connectivity index (χ3v) is 5.95. The Hall–Kier alpha value is -2.07. The fourth-order valence-corrected chi connectivity index (χ4v) is 4.12. The number of benzene rings is 1. The molecular formula is C20H23ClN4. The van der Waals surface area contributed by atoms with Gasteiger partial charge in [0, 0.05) is 24.3 Å². The molecule has 5 heteroatoms. The fourth-order valence-electron chi connectivity index (χ4n) is 3.99. The highest BCUT2D eigenvalue weighted by molar-refractivity contribution is 6.30. The SMILES string of the molecule is CCC1(Cc2ccc(Cl)cc2)CCN(c2ncnc3[nH]ccc23)CC1. The van der Waals surface area contributed by atoms with Crippen LogP contribution in [0.1, 0.15) is 31.7 Å². The quantitative estimate of drug-likeness (QED) is 0.728.